The largest absolute Gasteiger partial charge is 0.497 e. The van der Waals surface area contributed by atoms with Gasteiger partial charge < -0.3 is 33.5 Å². The molecule has 13 rings (SSSR count). The number of anilines is 9. The summed E-state index contributed by atoms with van der Waals surface area (Å²) in [6.45, 7) is 0. The van der Waals surface area contributed by atoms with Crippen LogP contribution in [0.15, 0.2) is 261 Å². The van der Waals surface area contributed by atoms with Crippen LogP contribution in [0.1, 0.15) is 0 Å². The van der Waals surface area contributed by atoms with E-state index in [1.807, 2.05) is 36.4 Å². The highest BCUT2D eigenvalue weighted by Gasteiger charge is 2.23. The zero-order chi connectivity index (χ0) is 51.1. The van der Waals surface area contributed by atoms with Crippen LogP contribution in [0.4, 0.5) is 51.2 Å². The van der Waals surface area contributed by atoms with Crippen molar-refractivity contribution in [2.75, 3.05) is 36.0 Å². The molecule has 12 aromatic carbocycles. The average Bonchev–Trinajstić information content (AvgIpc) is 3.84. The molecule has 366 valence electrons. The first-order valence-corrected chi connectivity index (χ1v) is 25.5. The van der Waals surface area contributed by atoms with Gasteiger partial charge in [-0.25, -0.2) is 0 Å². The van der Waals surface area contributed by atoms with Gasteiger partial charge in [0.1, 0.15) is 17.2 Å². The summed E-state index contributed by atoms with van der Waals surface area (Å²) < 4.78 is 19.4. The van der Waals surface area contributed by atoms with Gasteiger partial charge in [-0.3, -0.25) is 0 Å². The highest BCUT2D eigenvalue weighted by Crippen LogP contribution is 2.47. The summed E-state index contributed by atoms with van der Waals surface area (Å²) in [7, 11) is 5.13. The molecule has 0 N–H and O–H groups in total. The summed E-state index contributed by atoms with van der Waals surface area (Å²) in [5, 5.41) is 9.17. The number of rotatable bonds is 13. The molecule has 13 aromatic rings. The second-order valence-electron chi connectivity index (χ2n) is 18.9. The maximum Gasteiger partial charge on any atom is 0.119 e. The molecule has 0 aliphatic heterocycles. The number of hydrogen-bond donors (Lipinski definition) is 0. The quantitative estimate of drug-likeness (QED) is 0.115. The summed E-state index contributed by atoms with van der Waals surface area (Å²) in [6, 6.07) is 93.1. The third-order valence-electron chi connectivity index (χ3n) is 14.6. The van der Waals surface area contributed by atoms with Crippen LogP contribution in [0.5, 0.6) is 17.2 Å². The fourth-order valence-electron chi connectivity index (χ4n) is 11.0. The smallest absolute Gasteiger partial charge is 0.119 e. The van der Waals surface area contributed by atoms with E-state index in [9.17, 15) is 0 Å². The van der Waals surface area contributed by atoms with Gasteiger partial charge in [-0.1, -0.05) is 115 Å². The lowest BCUT2D eigenvalue weighted by Gasteiger charge is -2.28. The number of aromatic nitrogens is 1. The van der Waals surface area contributed by atoms with Crippen LogP contribution >= 0.6 is 0 Å². The number of nitrogens with zero attached hydrogens (tertiary/aromatic N) is 4. The summed E-state index contributed by atoms with van der Waals surface area (Å²) in [5.41, 5.74) is 12.5. The number of hydrogen-bond acceptors (Lipinski definition) is 6. The Morgan fingerprint density at radius 1 is 0.263 bits per heavy atom. The lowest BCUT2D eigenvalue weighted by atomic mass is 10.0. The molecule has 1 aromatic heterocycles. The van der Waals surface area contributed by atoms with E-state index >= 15 is 0 Å². The van der Waals surface area contributed by atoms with Crippen molar-refractivity contribution in [3.05, 3.63) is 261 Å². The van der Waals surface area contributed by atoms with Gasteiger partial charge in [0.15, 0.2) is 0 Å². The first-order valence-electron chi connectivity index (χ1n) is 25.5. The molecular weight excluding hydrogens is 933 g/mol. The van der Waals surface area contributed by atoms with E-state index in [-0.39, 0.29) is 0 Å². The van der Waals surface area contributed by atoms with Crippen LogP contribution in [0.3, 0.4) is 0 Å². The third kappa shape index (κ3) is 8.11. The van der Waals surface area contributed by atoms with Gasteiger partial charge >= 0.3 is 0 Å². The molecule has 0 saturated heterocycles. The molecule has 0 aliphatic carbocycles. The first kappa shape index (κ1) is 45.9. The predicted molar refractivity (Wildman–Crippen MR) is 317 cm³/mol. The van der Waals surface area contributed by atoms with E-state index in [4.69, 9.17) is 14.2 Å². The van der Waals surface area contributed by atoms with Crippen molar-refractivity contribution >= 4 is 105 Å². The van der Waals surface area contributed by atoms with Crippen LogP contribution in [-0.4, -0.2) is 25.9 Å². The Morgan fingerprint density at radius 3 is 0.947 bits per heavy atom. The van der Waals surface area contributed by atoms with E-state index < -0.39 is 0 Å². The van der Waals surface area contributed by atoms with Crippen molar-refractivity contribution in [1.29, 1.82) is 0 Å². The van der Waals surface area contributed by atoms with Crippen LogP contribution in [-0.2, 0) is 0 Å². The Morgan fingerprint density at radius 2 is 0.579 bits per heavy atom. The summed E-state index contributed by atoms with van der Waals surface area (Å²) in [4.78, 5) is 7.08. The molecule has 7 nitrogen and oxygen atoms in total. The van der Waals surface area contributed by atoms with Crippen LogP contribution in [0, 0.1) is 0 Å². The molecule has 0 aliphatic rings. The van der Waals surface area contributed by atoms with E-state index in [1.165, 1.54) is 16.2 Å². The molecule has 0 amide bonds. The maximum atomic E-state index is 5.67. The molecule has 0 saturated carbocycles. The van der Waals surface area contributed by atoms with Crippen molar-refractivity contribution in [2.24, 2.45) is 0 Å². The van der Waals surface area contributed by atoms with Crippen molar-refractivity contribution < 1.29 is 14.2 Å². The zero-order valence-corrected chi connectivity index (χ0v) is 42.3. The molecule has 76 heavy (non-hydrogen) atoms. The van der Waals surface area contributed by atoms with Crippen LogP contribution in [0.2, 0.25) is 0 Å². The lowest BCUT2D eigenvalue weighted by Crippen LogP contribution is -2.11. The van der Waals surface area contributed by atoms with Crippen molar-refractivity contribution in [2.45, 2.75) is 0 Å². The Labute approximate surface area is 441 Å². The first-order chi connectivity index (χ1) is 37.5. The van der Waals surface area contributed by atoms with E-state index in [2.05, 4.69) is 244 Å². The highest BCUT2D eigenvalue weighted by atomic mass is 16.5. The van der Waals surface area contributed by atoms with E-state index in [1.54, 1.807) is 21.3 Å². The topological polar surface area (TPSA) is 42.3 Å². The van der Waals surface area contributed by atoms with Gasteiger partial charge in [-0.2, -0.15) is 0 Å². The van der Waals surface area contributed by atoms with Gasteiger partial charge in [0.05, 0.1) is 49.4 Å². The van der Waals surface area contributed by atoms with Crippen molar-refractivity contribution in [1.82, 2.24) is 4.57 Å². The molecule has 0 spiro atoms. The van der Waals surface area contributed by atoms with Gasteiger partial charge in [-0.15, -0.1) is 0 Å². The van der Waals surface area contributed by atoms with Crippen LogP contribution in [0.25, 0.3) is 59.8 Å². The normalized spacial score (nSPS) is 11.4. The molecule has 7 heteroatoms. The van der Waals surface area contributed by atoms with Crippen LogP contribution < -0.4 is 28.9 Å². The maximum absolute atomic E-state index is 5.67. The number of ether oxygens (including phenoxy) is 3. The second kappa shape index (κ2) is 19.5. The second-order valence-corrected chi connectivity index (χ2v) is 18.9. The third-order valence-corrected chi connectivity index (χ3v) is 14.6. The molecule has 1 heterocycles. The van der Waals surface area contributed by atoms with E-state index in [0.29, 0.717) is 0 Å². The molecule has 0 fully saturated rings. The Kier molecular flexibility index (Phi) is 11.7. The number of methoxy groups -OCH3 is 3. The standard InChI is InChI=1S/C69H52N4O3/c1-74-57-36-28-50(29-37-57)70(65-25-10-17-47-14-4-7-22-60(47)65)53-20-13-21-54(44-53)73-68-42-34-55(71(51-30-38-58(75-2)39-31-51)66-26-11-18-48-15-5-8-23-61(48)66)45-63(68)64-46-56(35-43-69(64)73)72(52-32-40-59(76-3)41-33-52)67-27-12-19-49-16-6-9-24-62(49)67/h4-46H,1-3H3. The van der Waals surface area contributed by atoms with Gasteiger partial charge in [0.2, 0.25) is 0 Å². The highest BCUT2D eigenvalue weighted by molar-refractivity contribution is 6.13. The van der Waals surface area contributed by atoms with E-state index in [0.717, 1.165) is 112 Å². The number of benzene rings is 12. The minimum Gasteiger partial charge on any atom is -0.497 e. The molecule has 0 radical (unpaired) electrons. The fraction of sp³-hybridized carbons (Fsp3) is 0.0435. The Bertz CT molecular complexity index is 4060. The Balaban J connectivity index is 1.07. The van der Waals surface area contributed by atoms with Crippen molar-refractivity contribution in [3.63, 3.8) is 0 Å². The van der Waals surface area contributed by atoms with Gasteiger partial charge in [0, 0.05) is 66.7 Å². The molecule has 0 unspecified atom stereocenters. The zero-order valence-electron chi connectivity index (χ0n) is 42.3. The van der Waals surface area contributed by atoms with Crippen molar-refractivity contribution in [3.8, 4) is 22.9 Å². The molecule has 0 atom stereocenters. The minimum atomic E-state index is 0.800. The summed E-state index contributed by atoms with van der Waals surface area (Å²) in [6.07, 6.45) is 0. The monoisotopic (exact) mass is 984 g/mol. The predicted octanol–water partition coefficient (Wildman–Crippen LogP) is 18.7. The Hall–Kier alpha value is -9.98. The summed E-state index contributed by atoms with van der Waals surface area (Å²) in [5.74, 6) is 2.40. The molecule has 0 bridgehead atoms. The average molecular weight is 985 g/mol. The molecular formula is C69H52N4O3. The SMILES string of the molecule is COc1ccc(N(c2cccc(-n3c4ccc(N(c5ccc(OC)cc5)c5cccc6ccccc56)cc4c4cc(N(c5ccc(OC)cc5)c5cccc6ccccc56)ccc43)c2)c2cccc3ccccc23)cc1. The van der Waals surface area contributed by atoms with Gasteiger partial charge in [0.25, 0.3) is 0 Å². The number of fused-ring (bicyclic) bond motifs is 6. The lowest BCUT2D eigenvalue weighted by molar-refractivity contribution is 0.414. The van der Waals surface area contributed by atoms with Gasteiger partial charge in [-0.05, 0) is 162 Å². The minimum absolute atomic E-state index is 0.800. The summed E-state index contributed by atoms with van der Waals surface area (Å²) >= 11 is 0. The fourth-order valence-corrected chi connectivity index (χ4v) is 11.0.